The summed E-state index contributed by atoms with van der Waals surface area (Å²) in [6, 6.07) is 7.60. The number of ether oxygens (including phenoxy) is 1. The van der Waals surface area contributed by atoms with E-state index in [0.717, 1.165) is 24.5 Å². The number of fused-ring (bicyclic) bond motifs is 1. The molecule has 0 N–H and O–H groups in total. The summed E-state index contributed by atoms with van der Waals surface area (Å²) in [6.07, 6.45) is 4.27. The Bertz CT molecular complexity index is 900. The molecule has 5 rings (SSSR count). The van der Waals surface area contributed by atoms with Gasteiger partial charge in [0, 0.05) is 6.54 Å². The molecule has 0 saturated carbocycles. The van der Waals surface area contributed by atoms with Crippen LogP contribution in [0.1, 0.15) is 22.8 Å². The number of furan rings is 1. The van der Waals surface area contributed by atoms with Crippen LogP contribution in [0.15, 0.2) is 46.5 Å². The molecule has 1 atom stereocenters. The maximum Gasteiger partial charge on any atom is 0.289 e. The fourth-order valence-electron chi connectivity index (χ4n) is 3.70. The minimum absolute atomic E-state index is 0.0691. The minimum Gasteiger partial charge on any atom is -0.459 e. The van der Waals surface area contributed by atoms with Crippen LogP contribution >= 0.6 is 11.3 Å². The maximum atomic E-state index is 12.5. The van der Waals surface area contributed by atoms with Crippen molar-refractivity contribution in [3.05, 3.63) is 53.7 Å². The Morgan fingerprint density at radius 1 is 1.28 bits per heavy atom. The maximum absolute atomic E-state index is 12.5. The second-order valence-corrected chi connectivity index (χ2v) is 7.50. The highest BCUT2D eigenvalue weighted by Crippen LogP contribution is 2.36. The van der Waals surface area contributed by atoms with Crippen molar-refractivity contribution < 1.29 is 13.9 Å². The van der Waals surface area contributed by atoms with Crippen molar-refractivity contribution in [2.24, 2.45) is 0 Å². The molecule has 6 nitrogen and oxygen atoms in total. The Labute approximate surface area is 148 Å². The Balaban J connectivity index is 1.40. The van der Waals surface area contributed by atoms with E-state index in [1.54, 1.807) is 23.5 Å². The predicted molar refractivity (Wildman–Crippen MR) is 92.3 cm³/mol. The van der Waals surface area contributed by atoms with Gasteiger partial charge in [0.2, 0.25) is 0 Å². The zero-order chi connectivity index (χ0) is 16.9. The second-order valence-electron chi connectivity index (χ2n) is 6.55. The van der Waals surface area contributed by atoms with E-state index in [9.17, 15) is 4.79 Å². The highest BCUT2D eigenvalue weighted by atomic mass is 32.1. The first kappa shape index (κ1) is 14.9. The number of hydrogen-bond acceptors (Lipinski definition) is 5. The first-order valence-electron chi connectivity index (χ1n) is 8.29. The van der Waals surface area contributed by atoms with Crippen LogP contribution in [0.2, 0.25) is 0 Å². The van der Waals surface area contributed by atoms with Crippen LogP contribution in [0, 0.1) is 0 Å². The topological polar surface area (TPSA) is 60.5 Å². The summed E-state index contributed by atoms with van der Waals surface area (Å²) in [5, 5.41) is 2.07. The van der Waals surface area contributed by atoms with Gasteiger partial charge in [0.25, 0.3) is 5.91 Å². The molecule has 128 valence electrons. The molecule has 0 aliphatic carbocycles. The summed E-state index contributed by atoms with van der Waals surface area (Å²) < 4.78 is 13.7. The Hall–Kier alpha value is -2.38. The van der Waals surface area contributed by atoms with Crippen LogP contribution in [-0.2, 0) is 17.9 Å². The van der Waals surface area contributed by atoms with Gasteiger partial charge in [-0.15, -0.1) is 11.3 Å². The van der Waals surface area contributed by atoms with Gasteiger partial charge < -0.3 is 18.6 Å². The van der Waals surface area contributed by atoms with Crippen LogP contribution in [0.25, 0.3) is 10.6 Å². The molecule has 5 heterocycles. The molecular weight excluding hydrogens is 338 g/mol. The van der Waals surface area contributed by atoms with Crippen LogP contribution in [-0.4, -0.2) is 39.0 Å². The lowest BCUT2D eigenvalue weighted by Crippen LogP contribution is -2.45. The fourth-order valence-corrected chi connectivity index (χ4v) is 4.44. The fraction of sp³-hybridized carbons (Fsp3) is 0.333. The smallest absolute Gasteiger partial charge is 0.289 e. The first-order chi connectivity index (χ1) is 12.2. The lowest BCUT2D eigenvalue weighted by atomic mass is 10.0. The van der Waals surface area contributed by atoms with Crippen LogP contribution in [0.4, 0.5) is 0 Å². The lowest BCUT2D eigenvalue weighted by Gasteiger charge is -2.35. The van der Waals surface area contributed by atoms with Crippen molar-refractivity contribution in [2.45, 2.75) is 25.2 Å². The molecule has 1 spiro atoms. The van der Waals surface area contributed by atoms with Crippen molar-refractivity contribution in [3.8, 4) is 10.6 Å². The second kappa shape index (κ2) is 5.57. The molecule has 0 radical (unpaired) electrons. The van der Waals surface area contributed by atoms with Crippen molar-refractivity contribution in [1.82, 2.24) is 14.5 Å². The molecular formula is C18H17N3O3S. The highest BCUT2D eigenvalue weighted by molar-refractivity contribution is 7.13. The summed E-state index contributed by atoms with van der Waals surface area (Å²) >= 11 is 1.71. The summed E-state index contributed by atoms with van der Waals surface area (Å²) in [5.41, 5.74) is 0.783. The van der Waals surface area contributed by atoms with Gasteiger partial charge >= 0.3 is 0 Å². The van der Waals surface area contributed by atoms with E-state index in [2.05, 4.69) is 21.0 Å². The molecule has 0 bridgehead atoms. The van der Waals surface area contributed by atoms with Crippen molar-refractivity contribution >= 4 is 17.2 Å². The summed E-state index contributed by atoms with van der Waals surface area (Å²) in [6.45, 7) is 2.46. The Morgan fingerprint density at radius 3 is 3.04 bits per heavy atom. The molecule has 1 amide bonds. The zero-order valence-corrected chi connectivity index (χ0v) is 14.4. The lowest BCUT2D eigenvalue weighted by molar-refractivity contribution is -0.0805. The SMILES string of the molecule is O=C(c1ccco1)N1CCC2(C1)Cn1c(-c3cccs3)cnc1CO2. The van der Waals surface area contributed by atoms with E-state index in [4.69, 9.17) is 9.15 Å². The number of amides is 1. The predicted octanol–water partition coefficient (Wildman–Crippen LogP) is 3.02. The van der Waals surface area contributed by atoms with Crippen LogP contribution < -0.4 is 0 Å². The molecule has 25 heavy (non-hydrogen) atoms. The quantitative estimate of drug-likeness (QED) is 0.709. The van der Waals surface area contributed by atoms with E-state index in [1.807, 2.05) is 17.2 Å². The number of thiophene rings is 1. The largest absolute Gasteiger partial charge is 0.459 e. The van der Waals surface area contributed by atoms with Gasteiger partial charge in [-0.05, 0) is 30.0 Å². The van der Waals surface area contributed by atoms with E-state index in [1.165, 1.54) is 11.1 Å². The molecule has 3 aromatic heterocycles. The van der Waals surface area contributed by atoms with Gasteiger partial charge in [0.05, 0.1) is 36.1 Å². The number of carbonyl (C=O) groups excluding carboxylic acids is 1. The van der Waals surface area contributed by atoms with E-state index < -0.39 is 0 Å². The third-order valence-corrected chi connectivity index (χ3v) is 5.89. The monoisotopic (exact) mass is 355 g/mol. The summed E-state index contributed by atoms with van der Waals surface area (Å²) in [5.74, 6) is 1.26. The number of hydrogen-bond donors (Lipinski definition) is 0. The summed E-state index contributed by atoms with van der Waals surface area (Å²) in [7, 11) is 0. The van der Waals surface area contributed by atoms with Gasteiger partial charge in [0.15, 0.2) is 5.76 Å². The molecule has 2 aliphatic heterocycles. The molecule has 2 aliphatic rings. The number of nitrogens with zero attached hydrogens (tertiary/aromatic N) is 3. The number of likely N-dealkylation sites (tertiary alicyclic amines) is 1. The number of carbonyl (C=O) groups is 1. The Morgan fingerprint density at radius 2 is 2.24 bits per heavy atom. The molecule has 1 saturated heterocycles. The normalized spacial score (nSPS) is 22.5. The van der Waals surface area contributed by atoms with Crippen molar-refractivity contribution in [1.29, 1.82) is 0 Å². The standard InChI is InChI=1S/C18H17N3O3S/c22-17(14-3-1-7-23-14)20-6-5-18(11-20)12-21-13(15-4-2-8-25-15)9-19-16(21)10-24-18/h1-4,7-9H,5-6,10-12H2. The van der Waals surface area contributed by atoms with Crippen LogP contribution in [0.3, 0.4) is 0 Å². The molecule has 3 aromatic rings. The van der Waals surface area contributed by atoms with Gasteiger partial charge in [-0.25, -0.2) is 4.98 Å². The highest BCUT2D eigenvalue weighted by Gasteiger charge is 2.45. The number of imidazole rings is 1. The van der Waals surface area contributed by atoms with E-state index in [0.29, 0.717) is 25.5 Å². The van der Waals surface area contributed by atoms with E-state index in [-0.39, 0.29) is 11.5 Å². The summed E-state index contributed by atoms with van der Waals surface area (Å²) in [4.78, 5) is 20.1. The van der Waals surface area contributed by atoms with Gasteiger partial charge in [-0.3, -0.25) is 4.79 Å². The first-order valence-corrected chi connectivity index (χ1v) is 9.17. The van der Waals surface area contributed by atoms with Crippen molar-refractivity contribution in [2.75, 3.05) is 13.1 Å². The van der Waals surface area contributed by atoms with Gasteiger partial charge in [-0.2, -0.15) is 0 Å². The zero-order valence-electron chi connectivity index (χ0n) is 13.6. The van der Waals surface area contributed by atoms with E-state index >= 15 is 0 Å². The number of rotatable bonds is 2. The third kappa shape index (κ3) is 2.42. The minimum atomic E-state index is -0.345. The Kier molecular flexibility index (Phi) is 3.33. The number of aromatic nitrogens is 2. The molecule has 1 fully saturated rings. The average molecular weight is 355 g/mol. The average Bonchev–Trinajstić information content (AvgIpc) is 3.41. The molecule has 0 aromatic carbocycles. The third-order valence-electron chi connectivity index (χ3n) is 5.00. The van der Waals surface area contributed by atoms with Crippen LogP contribution in [0.5, 0.6) is 0 Å². The molecule has 7 heteroatoms. The van der Waals surface area contributed by atoms with Gasteiger partial charge in [0.1, 0.15) is 18.0 Å². The van der Waals surface area contributed by atoms with Crippen molar-refractivity contribution in [3.63, 3.8) is 0 Å². The van der Waals surface area contributed by atoms with Gasteiger partial charge in [-0.1, -0.05) is 6.07 Å². The molecule has 1 unspecified atom stereocenters.